The molecule has 0 aromatic heterocycles. The predicted octanol–water partition coefficient (Wildman–Crippen LogP) is 3.43. The van der Waals surface area contributed by atoms with Crippen LogP contribution in [-0.4, -0.2) is 26.2 Å². The fourth-order valence-corrected chi connectivity index (χ4v) is 3.58. The van der Waals surface area contributed by atoms with E-state index in [4.69, 9.17) is 0 Å². The zero-order chi connectivity index (χ0) is 15.4. The Kier molecular flexibility index (Phi) is 4.67. The molecule has 1 N–H and O–H groups in total. The Labute approximate surface area is 135 Å². The molecule has 1 heterocycles. The van der Waals surface area contributed by atoms with Gasteiger partial charge in [0, 0.05) is 36.0 Å². The highest BCUT2D eigenvalue weighted by atomic mass is 32.2. The predicted molar refractivity (Wildman–Crippen MR) is 91.5 cm³/mol. The van der Waals surface area contributed by atoms with Crippen molar-refractivity contribution in [2.45, 2.75) is 16.7 Å². The Morgan fingerprint density at radius 2 is 1.82 bits per heavy atom. The third-order valence-corrected chi connectivity index (χ3v) is 4.85. The average molecular weight is 309 g/mol. The Morgan fingerprint density at radius 1 is 1.09 bits per heavy atom. The minimum absolute atomic E-state index is 0.716. The third-order valence-electron chi connectivity index (χ3n) is 3.80. The molecule has 0 unspecified atom stereocenters. The van der Waals surface area contributed by atoms with Crippen molar-refractivity contribution in [3.8, 4) is 6.07 Å². The summed E-state index contributed by atoms with van der Waals surface area (Å²) in [5.74, 6) is 0. The van der Waals surface area contributed by atoms with Crippen LogP contribution in [0.25, 0.3) is 0 Å². The standard InChI is InChI=1S/C18H19N3S/c1-14-2-5-16(6-3-14)22-18-12-15(13-19)4-7-17(18)21-10-8-20-9-11-21/h2-7,12,20H,8-11H2,1H3. The summed E-state index contributed by atoms with van der Waals surface area (Å²) in [7, 11) is 0. The van der Waals surface area contributed by atoms with E-state index in [0.29, 0.717) is 5.56 Å². The maximum absolute atomic E-state index is 9.18. The minimum atomic E-state index is 0.716. The average Bonchev–Trinajstić information content (AvgIpc) is 2.57. The summed E-state index contributed by atoms with van der Waals surface area (Å²) < 4.78 is 0. The van der Waals surface area contributed by atoms with Gasteiger partial charge >= 0.3 is 0 Å². The molecule has 22 heavy (non-hydrogen) atoms. The first kappa shape index (κ1) is 15.0. The summed E-state index contributed by atoms with van der Waals surface area (Å²) in [5.41, 5.74) is 3.21. The number of hydrogen-bond acceptors (Lipinski definition) is 4. The molecule has 1 saturated heterocycles. The zero-order valence-corrected chi connectivity index (χ0v) is 13.5. The van der Waals surface area contributed by atoms with E-state index < -0.39 is 0 Å². The van der Waals surface area contributed by atoms with Gasteiger partial charge < -0.3 is 10.2 Å². The van der Waals surface area contributed by atoms with Crippen LogP contribution in [0.3, 0.4) is 0 Å². The van der Waals surface area contributed by atoms with Gasteiger partial charge in [0.25, 0.3) is 0 Å². The molecular formula is C18H19N3S. The SMILES string of the molecule is Cc1ccc(Sc2cc(C#N)ccc2N2CCNCC2)cc1. The number of nitrogens with zero attached hydrogens (tertiary/aromatic N) is 2. The van der Waals surface area contributed by atoms with Gasteiger partial charge in [-0.15, -0.1) is 0 Å². The summed E-state index contributed by atoms with van der Waals surface area (Å²) >= 11 is 1.73. The number of nitriles is 1. The van der Waals surface area contributed by atoms with E-state index in [1.54, 1.807) is 11.8 Å². The molecule has 0 amide bonds. The molecule has 0 bridgehead atoms. The number of aryl methyl sites for hydroxylation is 1. The number of rotatable bonds is 3. The highest BCUT2D eigenvalue weighted by Gasteiger charge is 2.15. The van der Waals surface area contributed by atoms with E-state index in [1.807, 2.05) is 12.1 Å². The molecule has 0 saturated carbocycles. The van der Waals surface area contributed by atoms with E-state index in [9.17, 15) is 5.26 Å². The Morgan fingerprint density at radius 3 is 2.50 bits per heavy atom. The molecule has 0 atom stereocenters. The van der Waals surface area contributed by atoms with E-state index in [-0.39, 0.29) is 0 Å². The van der Waals surface area contributed by atoms with Gasteiger partial charge in [-0.3, -0.25) is 0 Å². The van der Waals surface area contributed by atoms with Crippen LogP contribution in [0.1, 0.15) is 11.1 Å². The van der Waals surface area contributed by atoms with Crippen LogP contribution in [0.15, 0.2) is 52.3 Å². The monoisotopic (exact) mass is 309 g/mol. The molecule has 0 aliphatic carbocycles. The molecule has 3 nitrogen and oxygen atoms in total. The van der Waals surface area contributed by atoms with Gasteiger partial charge in [-0.2, -0.15) is 5.26 Å². The van der Waals surface area contributed by atoms with Crippen molar-refractivity contribution in [1.82, 2.24) is 5.32 Å². The molecule has 1 aliphatic rings. The van der Waals surface area contributed by atoms with Gasteiger partial charge in [0.1, 0.15) is 0 Å². The molecule has 1 fully saturated rings. The maximum atomic E-state index is 9.18. The summed E-state index contributed by atoms with van der Waals surface area (Å²) in [6.45, 7) is 6.13. The van der Waals surface area contributed by atoms with Crippen LogP contribution in [-0.2, 0) is 0 Å². The van der Waals surface area contributed by atoms with E-state index in [1.165, 1.54) is 16.1 Å². The van der Waals surface area contributed by atoms with Crippen molar-refractivity contribution in [2.75, 3.05) is 31.1 Å². The third kappa shape index (κ3) is 3.44. The van der Waals surface area contributed by atoms with Crippen LogP contribution in [0.2, 0.25) is 0 Å². The van der Waals surface area contributed by atoms with Gasteiger partial charge in [0.05, 0.1) is 17.3 Å². The van der Waals surface area contributed by atoms with Gasteiger partial charge in [-0.1, -0.05) is 29.5 Å². The van der Waals surface area contributed by atoms with E-state index in [2.05, 4.69) is 53.5 Å². The number of benzene rings is 2. The largest absolute Gasteiger partial charge is 0.368 e. The van der Waals surface area contributed by atoms with Crippen molar-refractivity contribution in [3.05, 3.63) is 53.6 Å². The van der Waals surface area contributed by atoms with Crippen molar-refractivity contribution < 1.29 is 0 Å². The van der Waals surface area contributed by atoms with Gasteiger partial charge in [-0.05, 0) is 37.3 Å². The van der Waals surface area contributed by atoms with Crippen LogP contribution < -0.4 is 10.2 Å². The van der Waals surface area contributed by atoms with Crippen molar-refractivity contribution in [3.63, 3.8) is 0 Å². The van der Waals surface area contributed by atoms with Crippen LogP contribution in [0, 0.1) is 18.3 Å². The number of anilines is 1. The van der Waals surface area contributed by atoms with Crippen LogP contribution in [0.5, 0.6) is 0 Å². The van der Waals surface area contributed by atoms with Gasteiger partial charge in [0.2, 0.25) is 0 Å². The van der Waals surface area contributed by atoms with Gasteiger partial charge in [0.15, 0.2) is 0 Å². The number of piperazine rings is 1. The summed E-state index contributed by atoms with van der Waals surface area (Å²) in [4.78, 5) is 4.76. The zero-order valence-electron chi connectivity index (χ0n) is 12.7. The Balaban J connectivity index is 1.92. The maximum Gasteiger partial charge on any atom is 0.0992 e. The first-order chi connectivity index (χ1) is 10.8. The lowest BCUT2D eigenvalue weighted by Gasteiger charge is -2.31. The molecule has 0 radical (unpaired) electrons. The molecule has 112 valence electrons. The fraction of sp³-hybridized carbons (Fsp3) is 0.278. The normalized spacial score (nSPS) is 14.6. The minimum Gasteiger partial charge on any atom is -0.368 e. The Hall–Kier alpha value is -1.96. The molecule has 4 heteroatoms. The highest BCUT2D eigenvalue weighted by molar-refractivity contribution is 7.99. The van der Waals surface area contributed by atoms with E-state index in [0.717, 1.165) is 31.1 Å². The lowest BCUT2D eigenvalue weighted by molar-refractivity contribution is 0.587. The quantitative estimate of drug-likeness (QED) is 0.943. The highest BCUT2D eigenvalue weighted by Crippen LogP contribution is 2.36. The van der Waals surface area contributed by atoms with Crippen LogP contribution >= 0.6 is 11.8 Å². The number of hydrogen-bond donors (Lipinski definition) is 1. The van der Waals surface area contributed by atoms with Gasteiger partial charge in [-0.25, -0.2) is 0 Å². The lowest BCUT2D eigenvalue weighted by Crippen LogP contribution is -2.43. The molecule has 2 aromatic carbocycles. The lowest BCUT2D eigenvalue weighted by atomic mass is 10.2. The summed E-state index contributed by atoms with van der Waals surface area (Å²) in [6.07, 6.45) is 0. The second-order valence-electron chi connectivity index (χ2n) is 5.45. The molecular weight excluding hydrogens is 290 g/mol. The smallest absolute Gasteiger partial charge is 0.0992 e. The fourth-order valence-electron chi connectivity index (χ4n) is 2.57. The molecule has 3 rings (SSSR count). The first-order valence-electron chi connectivity index (χ1n) is 7.50. The molecule has 1 aliphatic heterocycles. The summed E-state index contributed by atoms with van der Waals surface area (Å²) in [5, 5.41) is 12.6. The topological polar surface area (TPSA) is 39.1 Å². The first-order valence-corrected chi connectivity index (χ1v) is 8.32. The van der Waals surface area contributed by atoms with Crippen molar-refractivity contribution >= 4 is 17.4 Å². The molecule has 2 aromatic rings. The summed E-state index contributed by atoms with van der Waals surface area (Å²) in [6, 6.07) is 16.8. The van der Waals surface area contributed by atoms with Crippen molar-refractivity contribution in [2.24, 2.45) is 0 Å². The van der Waals surface area contributed by atoms with E-state index >= 15 is 0 Å². The van der Waals surface area contributed by atoms with Crippen molar-refractivity contribution in [1.29, 1.82) is 5.26 Å². The second kappa shape index (κ2) is 6.87. The molecule has 0 spiro atoms. The Bertz CT molecular complexity index is 682. The second-order valence-corrected chi connectivity index (χ2v) is 6.56. The number of nitrogens with one attached hydrogen (secondary N) is 1. The van der Waals surface area contributed by atoms with Crippen LogP contribution in [0.4, 0.5) is 5.69 Å².